The first-order valence-corrected chi connectivity index (χ1v) is 3.35. The van der Waals surface area contributed by atoms with Crippen LogP contribution in [0.2, 0.25) is 5.28 Å². The number of aromatic nitrogens is 2. The van der Waals surface area contributed by atoms with Crippen molar-refractivity contribution in [3.05, 3.63) is 22.7 Å². The fourth-order valence-electron chi connectivity index (χ4n) is 0.707. The van der Waals surface area contributed by atoms with Gasteiger partial charge in [0, 0.05) is 6.20 Å². The van der Waals surface area contributed by atoms with Crippen LogP contribution < -0.4 is 0 Å². The van der Waals surface area contributed by atoms with E-state index in [1.54, 1.807) is 0 Å². The molecule has 0 spiro atoms. The van der Waals surface area contributed by atoms with Crippen molar-refractivity contribution in [3.8, 4) is 0 Å². The molecule has 0 aliphatic carbocycles. The van der Waals surface area contributed by atoms with Crippen molar-refractivity contribution in [2.45, 2.75) is 13.1 Å². The first-order valence-electron chi connectivity index (χ1n) is 2.97. The molecule has 66 valence electrons. The Morgan fingerprint density at radius 3 is 2.42 bits per heavy atom. The van der Waals surface area contributed by atoms with Crippen LogP contribution in [0.25, 0.3) is 0 Å². The first-order chi connectivity index (χ1) is 5.41. The zero-order valence-corrected chi connectivity index (χ0v) is 6.74. The second-order valence-electron chi connectivity index (χ2n) is 2.17. The molecule has 1 heterocycles. The van der Waals surface area contributed by atoms with Crippen molar-refractivity contribution in [2.75, 3.05) is 0 Å². The van der Waals surface area contributed by atoms with Crippen LogP contribution in [-0.2, 0) is 6.18 Å². The highest BCUT2D eigenvalue weighted by molar-refractivity contribution is 6.28. The van der Waals surface area contributed by atoms with Crippen LogP contribution in [0.15, 0.2) is 6.20 Å². The van der Waals surface area contributed by atoms with Crippen molar-refractivity contribution in [3.63, 3.8) is 0 Å². The summed E-state index contributed by atoms with van der Waals surface area (Å²) in [5, 5.41) is -0.395. The van der Waals surface area contributed by atoms with Crippen LogP contribution in [0, 0.1) is 6.92 Å². The van der Waals surface area contributed by atoms with Gasteiger partial charge in [-0.15, -0.1) is 0 Å². The molecule has 0 saturated carbocycles. The monoisotopic (exact) mass is 196 g/mol. The third-order valence-corrected chi connectivity index (χ3v) is 1.39. The molecule has 0 N–H and O–H groups in total. The molecular weight excluding hydrogens is 193 g/mol. The number of hydrogen-bond acceptors (Lipinski definition) is 2. The van der Waals surface area contributed by atoms with E-state index < -0.39 is 17.2 Å². The molecule has 0 fully saturated rings. The minimum Gasteiger partial charge on any atom is -0.226 e. The molecule has 0 radical (unpaired) electrons. The standard InChI is InChI=1S/C6H4ClF3N2/c1-3-2-11-5(7)12-4(3)6(8,9)10/h2H,1H3. The van der Waals surface area contributed by atoms with Gasteiger partial charge in [0.05, 0.1) is 0 Å². The average Bonchev–Trinajstić information content (AvgIpc) is 1.92. The van der Waals surface area contributed by atoms with Gasteiger partial charge in [-0.05, 0) is 24.1 Å². The summed E-state index contributed by atoms with van der Waals surface area (Å²) < 4.78 is 36.2. The van der Waals surface area contributed by atoms with Gasteiger partial charge in [-0.3, -0.25) is 0 Å². The minimum absolute atomic E-state index is 0.0353. The number of nitrogens with zero attached hydrogens (tertiary/aromatic N) is 2. The Kier molecular flexibility index (Phi) is 2.23. The number of alkyl halides is 3. The predicted molar refractivity (Wildman–Crippen MR) is 36.8 cm³/mol. The molecule has 0 bridgehead atoms. The number of halogens is 4. The highest BCUT2D eigenvalue weighted by atomic mass is 35.5. The molecule has 0 amide bonds. The summed E-state index contributed by atoms with van der Waals surface area (Å²) in [6.45, 7) is 1.28. The Morgan fingerprint density at radius 2 is 2.00 bits per heavy atom. The Hall–Kier alpha value is -0.840. The van der Waals surface area contributed by atoms with E-state index in [4.69, 9.17) is 11.6 Å². The summed E-state index contributed by atoms with van der Waals surface area (Å²) >= 11 is 5.20. The number of hydrogen-bond donors (Lipinski definition) is 0. The largest absolute Gasteiger partial charge is 0.433 e. The molecule has 1 aromatic heterocycles. The van der Waals surface area contributed by atoms with E-state index in [0.29, 0.717) is 0 Å². The summed E-state index contributed by atoms with van der Waals surface area (Å²) in [6, 6.07) is 0. The molecule has 2 nitrogen and oxygen atoms in total. The lowest BCUT2D eigenvalue weighted by Gasteiger charge is -2.07. The molecule has 0 saturated heterocycles. The molecule has 6 heteroatoms. The summed E-state index contributed by atoms with van der Waals surface area (Å²) in [7, 11) is 0. The molecule has 0 aromatic carbocycles. The van der Waals surface area contributed by atoms with Gasteiger partial charge >= 0.3 is 6.18 Å². The van der Waals surface area contributed by atoms with E-state index in [1.165, 1.54) is 6.92 Å². The van der Waals surface area contributed by atoms with Crippen molar-refractivity contribution in [1.82, 2.24) is 9.97 Å². The Morgan fingerprint density at radius 1 is 1.42 bits per heavy atom. The predicted octanol–water partition coefficient (Wildman–Crippen LogP) is 2.46. The van der Waals surface area contributed by atoms with Gasteiger partial charge in [-0.1, -0.05) is 0 Å². The van der Waals surface area contributed by atoms with Crippen LogP contribution in [0.5, 0.6) is 0 Å². The highest BCUT2D eigenvalue weighted by Crippen LogP contribution is 2.29. The van der Waals surface area contributed by atoms with E-state index in [9.17, 15) is 13.2 Å². The van der Waals surface area contributed by atoms with E-state index in [2.05, 4.69) is 9.97 Å². The molecule has 0 aliphatic rings. The van der Waals surface area contributed by atoms with Crippen LogP contribution in [0.1, 0.15) is 11.3 Å². The zero-order valence-electron chi connectivity index (χ0n) is 5.98. The second-order valence-corrected chi connectivity index (χ2v) is 2.51. The van der Waals surface area contributed by atoms with Crippen molar-refractivity contribution >= 4 is 11.6 Å². The molecule has 0 aliphatic heterocycles. The molecule has 0 unspecified atom stereocenters. The Labute approximate surface area is 71.4 Å². The zero-order chi connectivity index (χ0) is 9.35. The van der Waals surface area contributed by atoms with E-state index in [0.717, 1.165) is 6.20 Å². The smallest absolute Gasteiger partial charge is 0.226 e. The Bertz CT molecular complexity index is 297. The molecular formula is C6H4ClF3N2. The van der Waals surface area contributed by atoms with Crippen molar-refractivity contribution in [2.24, 2.45) is 0 Å². The van der Waals surface area contributed by atoms with Crippen LogP contribution in [0.3, 0.4) is 0 Å². The average molecular weight is 197 g/mol. The third kappa shape index (κ3) is 1.85. The lowest BCUT2D eigenvalue weighted by molar-refractivity contribution is -0.141. The van der Waals surface area contributed by atoms with Crippen LogP contribution in [0.4, 0.5) is 13.2 Å². The first kappa shape index (κ1) is 9.25. The van der Waals surface area contributed by atoms with Gasteiger partial charge in [-0.2, -0.15) is 13.2 Å². The van der Waals surface area contributed by atoms with Gasteiger partial charge in [0.2, 0.25) is 5.28 Å². The van der Waals surface area contributed by atoms with Crippen molar-refractivity contribution in [1.29, 1.82) is 0 Å². The topological polar surface area (TPSA) is 25.8 Å². The van der Waals surface area contributed by atoms with Gasteiger partial charge in [0.1, 0.15) is 0 Å². The molecule has 0 atom stereocenters. The maximum atomic E-state index is 12.1. The summed E-state index contributed by atoms with van der Waals surface area (Å²) in [5.74, 6) is 0. The maximum absolute atomic E-state index is 12.1. The fourth-order valence-corrected chi connectivity index (χ4v) is 0.841. The number of rotatable bonds is 0. The maximum Gasteiger partial charge on any atom is 0.433 e. The quantitative estimate of drug-likeness (QED) is 0.596. The lowest BCUT2D eigenvalue weighted by Crippen LogP contribution is -2.11. The molecule has 12 heavy (non-hydrogen) atoms. The second kappa shape index (κ2) is 2.90. The SMILES string of the molecule is Cc1cnc(Cl)nc1C(F)(F)F. The highest BCUT2D eigenvalue weighted by Gasteiger charge is 2.34. The van der Waals surface area contributed by atoms with E-state index in [-0.39, 0.29) is 5.56 Å². The lowest BCUT2D eigenvalue weighted by atomic mass is 10.2. The van der Waals surface area contributed by atoms with Crippen molar-refractivity contribution < 1.29 is 13.2 Å². The van der Waals surface area contributed by atoms with Gasteiger partial charge < -0.3 is 0 Å². The molecule has 1 rings (SSSR count). The summed E-state index contributed by atoms with van der Waals surface area (Å²) in [5.41, 5.74) is -1.02. The van der Waals surface area contributed by atoms with Gasteiger partial charge in [0.15, 0.2) is 5.69 Å². The Balaban J connectivity index is 3.23. The molecule has 1 aromatic rings. The van der Waals surface area contributed by atoms with Gasteiger partial charge in [-0.25, -0.2) is 9.97 Å². The summed E-state index contributed by atoms with van der Waals surface area (Å²) in [6.07, 6.45) is -3.42. The van der Waals surface area contributed by atoms with E-state index >= 15 is 0 Å². The van der Waals surface area contributed by atoms with Crippen LogP contribution in [-0.4, -0.2) is 9.97 Å². The fraction of sp³-hybridized carbons (Fsp3) is 0.333. The number of aryl methyl sites for hydroxylation is 1. The summed E-state index contributed by atoms with van der Waals surface area (Å²) in [4.78, 5) is 6.48. The van der Waals surface area contributed by atoms with E-state index in [1.807, 2.05) is 0 Å². The van der Waals surface area contributed by atoms with Gasteiger partial charge in [0.25, 0.3) is 0 Å². The normalized spacial score (nSPS) is 11.8. The minimum atomic E-state index is -4.46. The third-order valence-electron chi connectivity index (χ3n) is 1.21. The van der Waals surface area contributed by atoms with Crippen LogP contribution >= 0.6 is 11.6 Å².